The molecule has 2 atom stereocenters. The van der Waals surface area contributed by atoms with Gasteiger partial charge in [-0.05, 0) is 66.2 Å². The lowest BCUT2D eigenvalue weighted by atomic mass is 9.93. The van der Waals surface area contributed by atoms with E-state index in [1.54, 1.807) is 36.6 Å². The molecule has 3 aromatic rings. The van der Waals surface area contributed by atoms with Gasteiger partial charge in [0.25, 0.3) is 5.91 Å². The van der Waals surface area contributed by atoms with Crippen LogP contribution in [0.25, 0.3) is 0 Å². The Balaban J connectivity index is 1.13. The highest BCUT2D eigenvalue weighted by atomic mass is 32.1. The van der Waals surface area contributed by atoms with Gasteiger partial charge in [-0.1, -0.05) is 12.1 Å². The van der Waals surface area contributed by atoms with Gasteiger partial charge in [0.1, 0.15) is 5.75 Å². The number of carbonyl (C=O) groups excluding carboxylic acids is 2. The van der Waals surface area contributed by atoms with Gasteiger partial charge in [-0.3, -0.25) is 14.5 Å². The van der Waals surface area contributed by atoms with Crippen molar-refractivity contribution in [1.29, 1.82) is 0 Å². The number of ether oxygens (including phenoxy) is 3. The summed E-state index contributed by atoms with van der Waals surface area (Å²) in [5.41, 5.74) is 3.01. The molecule has 0 saturated carbocycles. The van der Waals surface area contributed by atoms with Crippen molar-refractivity contribution in [1.82, 2.24) is 14.7 Å². The molecular weight excluding hydrogens is 502 g/mol. The first kappa shape index (κ1) is 24.8. The summed E-state index contributed by atoms with van der Waals surface area (Å²) >= 11 is 1.79. The van der Waals surface area contributed by atoms with E-state index in [0.29, 0.717) is 43.2 Å². The number of carbonyl (C=O) groups is 2. The molecule has 8 nitrogen and oxygen atoms in total. The molecule has 0 radical (unpaired) electrons. The third-order valence-corrected chi connectivity index (χ3v) is 8.69. The lowest BCUT2D eigenvalue weighted by Gasteiger charge is -2.42. The summed E-state index contributed by atoms with van der Waals surface area (Å²) in [6.45, 7) is 4.88. The van der Waals surface area contributed by atoms with Gasteiger partial charge in [-0.15, -0.1) is 11.3 Å². The highest BCUT2D eigenvalue weighted by Gasteiger charge is 2.35. The molecule has 2 aromatic carbocycles. The van der Waals surface area contributed by atoms with Gasteiger partial charge < -0.3 is 24.0 Å². The Labute approximate surface area is 226 Å². The van der Waals surface area contributed by atoms with Crippen LogP contribution in [0.15, 0.2) is 53.9 Å². The Bertz CT molecular complexity index is 1340. The maximum atomic E-state index is 13.5. The third kappa shape index (κ3) is 4.61. The second kappa shape index (κ2) is 10.3. The lowest BCUT2D eigenvalue weighted by Crippen LogP contribution is -2.57. The zero-order chi connectivity index (χ0) is 26.2. The SMILES string of the molecule is COc1ccc([C@@H]2c3ccsc3CCN2CC(=O)N2CCN(C(=O)c3ccc4c(c3)OCO4)[C@H](C)C2)cc1. The molecule has 1 aromatic heterocycles. The van der Waals surface area contributed by atoms with Crippen molar-refractivity contribution >= 4 is 23.2 Å². The van der Waals surface area contributed by atoms with Gasteiger partial charge in [0.15, 0.2) is 11.5 Å². The van der Waals surface area contributed by atoms with E-state index in [9.17, 15) is 9.59 Å². The number of fused-ring (bicyclic) bond motifs is 2. The molecule has 0 spiro atoms. The van der Waals surface area contributed by atoms with E-state index in [2.05, 4.69) is 28.5 Å². The highest BCUT2D eigenvalue weighted by Crippen LogP contribution is 2.38. The number of hydrogen-bond acceptors (Lipinski definition) is 7. The average molecular weight is 534 g/mol. The summed E-state index contributed by atoms with van der Waals surface area (Å²) in [5, 5.41) is 2.14. The summed E-state index contributed by atoms with van der Waals surface area (Å²) in [4.78, 5) is 34.2. The molecule has 9 heteroatoms. The second-order valence-electron chi connectivity index (χ2n) is 9.95. The van der Waals surface area contributed by atoms with E-state index in [-0.39, 0.29) is 30.7 Å². The molecule has 0 N–H and O–H groups in total. The number of benzene rings is 2. The zero-order valence-electron chi connectivity index (χ0n) is 21.6. The Morgan fingerprint density at radius 1 is 1.03 bits per heavy atom. The fourth-order valence-electron chi connectivity index (χ4n) is 5.67. The van der Waals surface area contributed by atoms with Crippen LogP contribution in [-0.2, 0) is 11.2 Å². The zero-order valence-corrected chi connectivity index (χ0v) is 22.4. The van der Waals surface area contributed by atoms with Gasteiger partial charge in [-0.25, -0.2) is 0 Å². The standard InChI is InChI=1S/C29H31N3O5S/c1-19-16-30(12-13-32(19)29(34)21-5-8-24-25(15-21)37-18-36-24)27(33)17-31-11-9-26-23(10-14-38-26)28(31)20-3-6-22(35-2)7-4-20/h3-8,10,14-15,19,28H,9,11-13,16-18H2,1-2H3/t19-,28-/m1/s1. The van der Waals surface area contributed by atoms with Gasteiger partial charge in [-0.2, -0.15) is 0 Å². The van der Waals surface area contributed by atoms with E-state index in [0.717, 1.165) is 24.3 Å². The summed E-state index contributed by atoms with van der Waals surface area (Å²) in [5.74, 6) is 2.12. The Kier molecular flexibility index (Phi) is 6.71. The first-order valence-electron chi connectivity index (χ1n) is 12.9. The largest absolute Gasteiger partial charge is 0.497 e. The van der Waals surface area contributed by atoms with Crippen LogP contribution >= 0.6 is 11.3 Å². The molecule has 38 heavy (non-hydrogen) atoms. The monoisotopic (exact) mass is 533 g/mol. The molecule has 6 rings (SSSR count). The molecule has 4 heterocycles. The van der Waals surface area contributed by atoms with Crippen molar-refractivity contribution in [3.63, 3.8) is 0 Å². The normalized spacial score (nSPS) is 20.8. The van der Waals surface area contributed by atoms with Crippen molar-refractivity contribution in [2.75, 3.05) is 46.6 Å². The summed E-state index contributed by atoms with van der Waals surface area (Å²) < 4.78 is 16.2. The minimum Gasteiger partial charge on any atom is -0.497 e. The van der Waals surface area contributed by atoms with E-state index >= 15 is 0 Å². The number of hydrogen-bond donors (Lipinski definition) is 0. The number of nitrogens with zero attached hydrogens (tertiary/aromatic N) is 3. The Morgan fingerprint density at radius 2 is 1.84 bits per heavy atom. The maximum absolute atomic E-state index is 13.5. The molecule has 0 unspecified atom stereocenters. The Hall–Kier alpha value is -3.56. The average Bonchev–Trinajstić information content (AvgIpc) is 3.62. The molecular formula is C29H31N3O5S. The number of amides is 2. The number of rotatable bonds is 5. The summed E-state index contributed by atoms with van der Waals surface area (Å²) in [6, 6.07) is 15.6. The van der Waals surface area contributed by atoms with Crippen LogP contribution in [0.5, 0.6) is 17.2 Å². The van der Waals surface area contributed by atoms with E-state index in [1.807, 2.05) is 28.9 Å². The minimum atomic E-state index is -0.0900. The van der Waals surface area contributed by atoms with E-state index < -0.39 is 0 Å². The molecule has 198 valence electrons. The molecule has 1 fully saturated rings. The molecule has 2 amide bonds. The van der Waals surface area contributed by atoms with Crippen molar-refractivity contribution in [2.45, 2.75) is 25.4 Å². The first-order chi connectivity index (χ1) is 18.5. The van der Waals surface area contributed by atoms with E-state index in [4.69, 9.17) is 14.2 Å². The second-order valence-corrected chi connectivity index (χ2v) is 11.0. The van der Waals surface area contributed by atoms with Gasteiger partial charge in [0.05, 0.1) is 19.7 Å². The fraction of sp³-hybridized carbons (Fsp3) is 0.379. The number of piperazine rings is 1. The topological polar surface area (TPSA) is 71.6 Å². The predicted molar refractivity (Wildman–Crippen MR) is 144 cm³/mol. The van der Waals surface area contributed by atoms with E-state index in [1.165, 1.54) is 10.4 Å². The van der Waals surface area contributed by atoms with Crippen molar-refractivity contribution in [3.05, 3.63) is 75.5 Å². The molecule has 3 aliphatic heterocycles. The highest BCUT2D eigenvalue weighted by molar-refractivity contribution is 7.10. The van der Waals surface area contributed by atoms with Crippen LogP contribution in [0.1, 0.15) is 39.3 Å². The van der Waals surface area contributed by atoms with Crippen LogP contribution in [0.4, 0.5) is 0 Å². The molecule has 0 aliphatic carbocycles. The van der Waals surface area contributed by atoms with Crippen LogP contribution < -0.4 is 14.2 Å². The smallest absolute Gasteiger partial charge is 0.254 e. The van der Waals surface area contributed by atoms with Gasteiger partial charge in [0, 0.05) is 42.7 Å². The summed E-state index contributed by atoms with van der Waals surface area (Å²) in [7, 11) is 1.67. The Morgan fingerprint density at radius 3 is 2.63 bits per heavy atom. The van der Waals surface area contributed by atoms with Crippen molar-refractivity contribution < 1.29 is 23.8 Å². The van der Waals surface area contributed by atoms with Crippen LogP contribution in [0.2, 0.25) is 0 Å². The molecule has 0 bridgehead atoms. The van der Waals surface area contributed by atoms with Crippen LogP contribution in [0, 0.1) is 0 Å². The van der Waals surface area contributed by atoms with Crippen molar-refractivity contribution in [2.24, 2.45) is 0 Å². The minimum absolute atomic E-state index is 0.0335. The third-order valence-electron chi connectivity index (χ3n) is 7.70. The summed E-state index contributed by atoms with van der Waals surface area (Å²) in [6.07, 6.45) is 0.946. The molecule has 3 aliphatic rings. The lowest BCUT2D eigenvalue weighted by molar-refractivity contribution is -0.135. The molecule has 1 saturated heterocycles. The van der Waals surface area contributed by atoms with Gasteiger partial charge >= 0.3 is 0 Å². The van der Waals surface area contributed by atoms with Crippen LogP contribution in [-0.4, -0.2) is 79.2 Å². The predicted octanol–water partition coefficient (Wildman–Crippen LogP) is 3.81. The fourth-order valence-corrected chi connectivity index (χ4v) is 6.57. The van der Waals surface area contributed by atoms with Crippen molar-refractivity contribution in [3.8, 4) is 17.2 Å². The maximum Gasteiger partial charge on any atom is 0.254 e. The first-order valence-corrected chi connectivity index (χ1v) is 13.8. The quantitative estimate of drug-likeness (QED) is 0.497. The van der Waals surface area contributed by atoms with Crippen LogP contribution in [0.3, 0.4) is 0 Å². The number of thiophene rings is 1. The number of methoxy groups -OCH3 is 1. The van der Waals surface area contributed by atoms with Gasteiger partial charge in [0.2, 0.25) is 12.7 Å².